The lowest BCUT2D eigenvalue weighted by Crippen LogP contribution is -2.27. The van der Waals surface area contributed by atoms with E-state index in [0.29, 0.717) is 21.6 Å². The number of nitrogens with one attached hydrogen (secondary N) is 2. The summed E-state index contributed by atoms with van der Waals surface area (Å²) < 4.78 is 0.594. The Kier molecular flexibility index (Phi) is 5.30. The van der Waals surface area contributed by atoms with Gasteiger partial charge in [0.05, 0.1) is 10.5 Å². The van der Waals surface area contributed by atoms with Crippen LogP contribution in [0.25, 0.3) is 0 Å². The van der Waals surface area contributed by atoms with Gasteiger partial charge in [0, 0.05) is 22.2 Å². The zero-order valence-corrected chi connectivity index (χ0v) is 13.1. The van der Waals surface area contributed by atoms with Gasteiger partial charge in [-0.15, -0.1) is 0 Å². The molecule has 0 spiro atoms. The van der Waals surface area contributed by atoms with Crippen LogP contribution in [-0.2, 0) is 0 Å². The van der Waals surface area contributed by atoms with Crippen LogP contribution in [0.4, 0.5) is 5.69 Å². The Morgan fingerprint density at radius 3 is 2.95 bits per heavy atom. The monoisotopic (exact) mass is 389 g/mol. The Morgan fingerprint density at radius 2 is 2.35 bits per heavy atom. The van der Waals surface area contributed by atoms with Gasteiger partial charge in [-0.1, -0.05) is 0 Å². The van der Waals surface area contributed by atoms with Gasteiger partial charge in [-0.05, 0) is 60.5 Å². The van der Waals surface area contributed by atoms with Gasteiger partial charge in [-0.3, -0.25) is 14.9 Å². The van der Waals surface area contributed by atoms with Gasteiger partial charge in [0.25, 0.3) is 11.6 Å². The quantitative estimate of drug-likeness (QED) is 0.458. The summed E-state index contributed by atoms with van der Waals surface area (Å²) in [7, 11) is 0. The van der Waals surface area contributed by atoms with Crippen LogP contribution >= 0.6 is 22.6 Å². The second kappa shape index (κ2) is 6.98. The molecule has 0 aromatic heterocycles. The maximum atomic E-state index is 12.0. The van der Waals surface area contributed by atoms with Crippen molar-refractivity contribution in [3.8, 4) is 0 Å². The Morgan fingerprint density at radius 1 is 1.55 bits per heavy atom. The van der Waals surface area contributed by atoms with Crippen LogP contribution in [0.2, 0.25) is 0 Å². The average Bonchev–Trinajstić information content (AvgIpc) is 2.91. The molecule has 20 heavy (non-hydrogen) atoms. The molecule has 1 saturated heterocycles. The highest BCUT2D eigenvalue weighted by Crippen LogP contribution is 2.19. The molecule has 1 aromatic carbocycles. The van der Waals surface area contributed by atoms with Gasteiger partial charge >= 0.3 is 0 Å². The van der Waals surface area contributed by atoms with E-state index in [0.717, 1.165) is 25.9 Å². The first kappa shape index (κ1) is 15.2. The van der Waals surface area contributed by atoms with E-state index in [1.54, 1.807) is 0 Å². The maximum absolute atomic E-state index is 12.0. The van der Waals surface area contributed by atoms with Crippen LogP contribution in [0.3, 0.4) is 0 Å². The minimum absolute atomic E-state index is 0.00276. The SMILES string of the molecule is O=C(NCCC1CCNC1)c1ccc([N+](=O)[O-])cc1I. The Balaban J connectivity index is 1.89. The summed E-state index contributed by atoms with van der Waals surface area (Å²) in [6.07, 6.45) is 2.12. The van der Waals surface area contributed by atoms with E-state index < -0.39 is 4.92 Å². The zero-order valence-electron chi connectivity index (χ0n) is 10.9. The van der Waals surface area contributed by atoms with Crippen molar-refractivity contribution in [1.82, 2.24) is 10.6 Å². The summed E-state index contributed by atoms with van der Waals surface area (Å²) in [5.41, 5.74) is 0.490. The van der Waals surface area contributed by atoms with Crippen LogP contribution in [0.1, 0.15) is 23.2 Å². The van der Waals surface area contributed by atoms with E-state index in [1.807, 2.05) is 22.6 Å². The minimum atomic E-state index is -0.461. The zero-order chi connectivity index (χ0) is 14.5. The number of nitrogens with zero attached hydrogens (tertiary/aromatic N) is 1. The molecule has 1 aromatic rings. The Bertz CT molecular complexity index is 516. The normalized spacial score (nSPS) is 17.9. The molecule has 1 heterocycles. The highest BCUT2D eigenvalue weighted by molar-refractivity contribution is 14.1. The summed E-state index contributed by atoms with van der Waals surface area (Å²) >= 11 is 1.95. The van der Waals surface area contributed by atoms with E-state index in [4.69, 9.17) is 0 Å². The number of carbonyl (C=O) groups excluding carboxylic acids is 1. The van der Waals surface area contributed by atoms with E-state index in [-0.39, 0.29) is 11.6 Å². The molecule has 1 aliphatic heterocycles. The van der Waals surface area contributed by atoms with Gasteiger partial charge < -0.3 is 10.6 Å². The number of non-ortho nitro benzene ring substituents is 1. The number of rotatable bonds is 5. The molecule has 1 amide bonds. The van der Waals surface area contributed by atoms with Gasteiger partial charge in [0.15, 0.2) is 0 Å². The van der Waals surface area contributed by atoms with Crippen LogP contribution < -0.4 is 10.6 Å². The second-order valence-electron chi connectivity index (χ2n) is 4.82. The molecular weight excluding hydrogens is 373 g/mol. The van der Waals surface area contributed by atoms with Crippen LogP contribution in [0.15, 0.2) is 18.2 Å². The number of hydrogen-bond donors (Lipinski definition) is 2. The van der Waals surface area contributed by atoms with Crippen LogP contribution in [0.5, 0.6) is 0 Å². The minimum Gasteiger partial charge on any atom is -0.352 e. The molecule has 1 aliphatic rings. The first-order valence-corrected chi connectivity index (χ1v) is 7.58. The van der Waals surface area contributed by atoms with Crippen molar-refractivity contribution in [2.24, 2.45) is 5.92 Å². The molecule has 1 atom stereocenters. The van der Waals surface area contributed by atoms with Gasteiger partial charge in [0.2, 0.25) is 0 Å². The van der Waals surface area contributed by atoms with E-state index in [9.17, 15) is 14.9 Å². The van der Waals surface area contributed by atoms with E-state index in [2.05, 4.69) is 10.6 Å². The number of halogens is 1. The number of nitro benzene ring substituents is 1. The Labute approximate surface area is 130 Å². The molecule has 2 N–H and O–H groups in total. The average molecular weight is 389 g/mol. The summed E-state index contributed by atoms with van der Waals surface area (Å²) in [6.45, 7) is 2.71. The van der Waals surface area contributed by atoms with Gasteiger partial charge in [-0.25, -0.2) is 0 Å². The third-order valence-corrected chi connectivity index (χ3v) is 4.30. The molecule has 0 saturated carbocycles. The third kappa shape index (κ3) is 3.89. The van der Waals surface area contributed by atoms with E-state index >= 15 is 0 Å². The fourth-order valence-corrected chi connectivity index (χ4v) is 2.99. The van der Waals surface area contributed by atoms with Crippen molar-refractivity contribution in [2.45, 2.75) is 12.8 Å². The van der Waals surface area contributed by atoms with Crippen molar-refractivity contribution in [2.75, 3.05) is 19.6 Å². The molecule has 2 rings (SSSR count). The highest BCUT2D eigenvalue weighted by atomic mass is 127. The lowest BCUT2D eigenvalue weighted by molar-refractivity contribution is -0.384. The summed E-state index contributed by atoms with van der Waals surface area (Å²) in [5.74, 6) is 0.460. The van der Waals surface area contributed by atoms with Crippen molar-refractivity contribution in [1.29, 1.82) is 0 Å². The first-order chi connectivity index (χ1) is 9.58. The van der Waals surface area contributed by atoms with Crippen molar-refractivity contribution >= 4 is 34.2 Å². The van der Waals surface area contributed by atoms with Crippen molar-refractivity contribution in [3.05, 3.63) is 37.4 Å². The molecule has 0 aliphatic carbocycles. The summed E-state index contributed by atoms with van der Waals surface area (Å²) in [6, 6.07) is 4.28. The second-order valence-corrected chi connectivity index (χ2v) is 5.99. The maximum Gasteiger partial charge on any atom is 0.270 e. The molecule has 1 fully saturated rings. The molecule has 1 unspecified atom stereocenters. The standard InChI is InChI=1S/C13H16IN3O3/c14-12-7-10(17(19)20)1-2-11(12)13(18)16-6-4-9-3-5-15-8-9/h1-2,7,9,15H,3-6,8H2,(H,16,18). The van der Waals surface area contributed by atoms with Gasteiger partial charge in [-0.2, -0.15) is 0 Å². The molecule has 0 radical (unpaired) electrons. The van der Waals surface area contributed by atoms with E-state index in [1.165, 1.54) is 18.2 Å². The van der Waals surface area contributed by atoms with Crippen LogP contribution in [0, 0.1) is 19.6 Å². The van der Waals surface area contributed by atoms with Gasteiger partial charge in [0.1, 0.15) is 0 Å². The summed E-state index contributed by atoms with van der Waals surface area (Å²) in [4.78, 5) is 22.2. The number of carbonyl (C=O) groups is 1. The lowest BCUT2D eigenvalue weighted by Gasteiger charge is -2.10. The number of nitro groups is 1. The number of benzene rings is 1. The fraction of sp³-hybridized carbons (Fsp3) is 0.462. The smallest absolute Gasteiger partial charge is 0.270 e. The molecule has 0 bridgehead atoms. The van der Waals surface area contributed by atoms with Crippen molar-refractivity contribution < 1.29 is 9.72 Å². The lowest BCUT2D eigenvalue weighted by atomic mass is 10.1. The highest BCUT2D eigenvalue weighted by Gasteiger charge is 2.16. The first-order valence-electron chi connectivity index (χ1n) is 6.51. The molecule has 7 heteroatoms. The number of hydrogen-bond acceptors (Lipinski definition) is 4. The molecular formula is C13H16IN3O3. The largest absolute Gasteiger partial charge is 0.352 e. The number of amides is 1. The fourth-order valence-electron chi connectivity index (χ4n) is 2.25. The van der Waals surface area contributed by atoms with Crippen LogP contribution in [-0.4, -0.2) is 30.5 Å². The predicted molar refractivity (Wildman–Crippen MR) is 83.7 cm³/mol. The summed E-state index contributed by atoms with van der Waals surface area (Å²) in [5, 5.41) is 16.8. The predicted octanol–water partition coefficient (Wildman–Crippen LogP) is 1.93. The Hall–Kier alpha value is -1.22. The topological polar surface area (TPSA) is 84.3 Å². The molecule has 6 nitrogen and oxygen atoms in total. The van der Waals surface area contributed by atoms with Crippen molar-refractivity contribution in [3.63, 3.8) is 0 Å². The molecule has 108 valence electrons. The third-order valence-electron chi connectivity index (χ3n) is 3.41.